The highest BCUT2D eigenvalue weighted by molar-refractivity contribution is 7.99. The first-order chi connectivity index (χ1) is 9.24. The lowest BCUT2D eigenvalue weighted by Crippen LogP contribution is -1.90. The van der Waals surface area contributed by atoms with E-state index in [1.54, 1.807) is 18.7 Å². The van der Waals surface area contributed by atoms with Gasteiger partial charge in [-0.2, -0.15) is 0 Å². The summed E-state index contributed by atoms with van der Waals surface area (Å²) >= 11 is 1.55. The molecule has 1 atom stereocenters. The maximum Gasteiger partial charge on any atom is 0.200 e. The normalized spacial score (nSPS) is 12.7. The maximum atomic E-state index is 9.48. The van der Waals surface area contributed by atoms with Crippen molar-refractivity contribution in [3.63, 3.8) is 0 Å². The van der Waals surface area contributed by atoms with Gasteiger partial charge < -0.3 is 5.11 Å². The third kappa shape index (κ3) is 2.47. The topological polar surface area (TPSA) is 50.4 Å². The fourth-order valence-corrected chi connectivity index (χ4v) is 2.63. The molecule has 0 unspecified atom stereocenters. The van der Waals surface area contributed by atoms with E-state index >= 15 is 0 Å². The van der Waals surface area contributed by atoms with Gasteiger partial charge in [-0.15, -0.1) is 10.2 Å². The van der Waals surface area contributed by atoms with Gasteiger partial charge in [-0.3, -0.25) is 4.40 Å². The molecule has 0 aliphatic rings. The standard InChI is InChI=1S/C14H13N3OS/c1-10(18)11-5-7-12(8-6-11)19-14-16-15-13-4-2-3-9-17(13)14/h2-10,18H,1H3/t10-/m1/s1. The zero-order valence-corrected chi connectivity index (χ0v) is 11.2. The summed E-state index contributed by atoms with van der Waals surface area (Å²) in [5.74, 6) is 0. The van der Waals surface area contributed by atoms with E-state index in [1.165, 1.54) is 0 Å². The van der Waals surface area contributed by atoms with Crippen LogP contribution in [-0.2, 0) is 0 Å². The van der Waals surface area contributed by atoms with Crippen LogP contribution in [0.2, 0.25) is 0 Å². The highest BCUT2D eigenvalue weighted by Gasteiger charge is 2.07. The first-order valence-corrected chi connectivity index (χ1v) is 6.81. The Morgan fingerprint density at radius 3 is 2.63 bits per heavy atom. The highest BCUT2D eigenvalue weighted by Crippen LogP contribution is 2.27. The Bertz CT molecular complexity index is 691. The molecule has 19 heavy (non-hydrogen) atoms. The Hall–Kier alpha value is -1.85. The quantitative estimate of drug-likeness (QED) is 0.795. The number of pyridine rings is 1. The molecule has 0 aliphatic heterocycles. The molecule has 4 nitrogen and oxygen atoms in total. The van der Waals surface area contributed by atoms with Crippen LogP contribution >= 0.6 is 11.8 Å². The van der Waals surface area contributed by atoms with Gasteiger partial charge in [0.05, 0.1) is 6.10 Å². The molecular formula is C14H13N3OS. The highest BCUT2D eigenvalue weighted by atomic mass is 32.2. The molecule has 0 saturated carbocycles. The summed E-state index contributed by atoms with van der Waals surface area (Å²) in [5.41, 5.74) is 1.75. The van der Waals surface area contributed by atoms with E-state index in [1.807, 2.05) is 53.1 Å². The largest absolute Gasteiger partial charge is 0.389 e. The molecule has 0 fully saturated rings. The van der Waals surface area contributed by atoms with Crippen molar-refractivity contribution in [3.05, 3.63) is 54.2 Å². The van der Waals surface area contributed by atoms with Crippen molar-refractivity contribution < 1.29 is 5.11 Å². The van der Waals surface area contributed by atoms with Gasteiger partial charge in [-0.25, -0.2) is 0 Å². The van der Waals surface area contributed by atoms with Crippen LogP contribution in [0, 0.1) is 0 Å². The van der Waals surface area contributed by atoms with Gasteiger partial charge in [0.1, 0.15) is 0 Å². The van der Waals surface area contributed by atoms with Crippen LogP contribution < -0.4 is 0 Å². The maximum absolute atomic E-state index is 9.48. The molecular weight excluding hydrogens is 258 g/mol. The van der Waals surface area contributed by atoms with Crippen molar-refractivity contribution in [1.82, 2.24) is 14.6 Å². The summed E-state index contributed by atoms with van der Waals surface area (Å²) < 4.78 is 1.95. The molecule has 0 spiro atoms. The van der Waals surface area contributed by atoms with Crippen molar-refractivity contribution >= 4 is 17.4 Å². The first-order valence-electron chi connectivity index (χ1n) is 6.00. The number of fused-ring (bicyclic) bond motifs is 1. The van der Waals surface area contributed by atoms with Gasteiger partial charge in [0, 0.05) is 11.1 Å². The lowest BCUT2D eigenvalue weighted by atomic mass is 10.1. The molecule has 1 N–H and O–H groups in total. The molecule has 0 aliphatic carbocycles. The second-order valence-corrected chi connectivity index (χ2v) is 5.30. The minimum absolute atomic E-state index is 0.437. The SMILES string of the molecule is C[C@@H](O)c1ccc(Sc2nnc3ccccn23)cc1. The van der Waals surface area contributed by atoms with Gasteiger partial charge in [0.25, 0.3) is 0 Å². The summed E-state index contributed by atoms with van der Waals surface area (Å²) in [4.78, 5) is 1.07. The van der Waals surface area contributed by atoms with Crippen molar-refractivity contribution in [3.8, 4) is 0 Å². The molecule has 3 aromatic rings. The second kappa shape index (κ2) is 5.03. The number of hydrogen-bond donors (Lipinski definition) is 1. The zero-order valence-electron chi connectivity index (χ0n) is 10.4. The van der Waals surface area contributed by atoms with Gasteiger partial charge >= 0.3 is 0 Å². The summed E-state index contributed by atoms with van der Waals surface area (Å²) in [5, 5.41) is 18.6. The summed E-state index contributed by atoms with van der Waals surface area (Å²) in [6, 6.07) is 13.6. The average molecular weight is 271 g/mol. The lowest BCUT2D eigenvalue weighted by Gasteiger charge is -2.05. The van der Waals surface area contributed by atoms with E-state index in [2.05, 4.69) is 10.2 Å². The van der Waals surface area contributed by atoms with Crippen LogP contribution in [0.15, 0.2) is 58.7 Å². The van der Waals surface area contributed by atoms with Crippen molar-refractivity contribution in [2.24, 2.45) is 0 Å². The average Bonchev–Trinajstić information content (AvgIpc) is 2.83. The van der Waals surface area contributed by atoms with Crippen molar-refractivity contribution in [2.45, 2.75) is 23.1 Å². The summed E-state index contributed by atoms with van der Waals surface area (Å²) in [6.45, 7) is 1.76. The minimum atomic E-state index is -0.437. The molecule has 1 aromatic carbocycles. The van der Waals surface area contributed by atoms with Gasteiger partial charge in [-0.1, -0.05) is 18.2 Å². The Balaban J connectivity index is 1.88. The van der Waals surface area contributed by atoms with E-state index < -0.39 is 6.10 Å². The van der Waals surface area contributed by atoms with Crippen molar-refractivity contribution in [1.29, 1.82) is 0 Å². The summed E-state index contributed by atoms with van der Waals surface area (Å²) in [7, 11) is 0. The van der Waals surface area contributed by atoms with Crippen LogP contribution in [0.5, 0.6) is 0 Å². The molecule has 2 heterocycles. The predicted octanol–water partition coefficient (Wildman–Crippen LogP) is 2.93. The lowest BCUT2D eigenvalue weighted by molar-refractivity contribution is 0.199. The number of nitrogens with zero attached hydrogens (tertiary/aromatic N) is 3. The van der Waals surface area contributed by atoms with E-state index in [4.69, 9.17) is 0 Å². The number of aliphatic hydroxyl groups is 1. The van der Waals surface area contributed by atoms with E-state index in [-0.39, 0.29) is 0 Å². The van der Waals surface area contributed by atoms with Crippen LogP contribution in [-0.4, -0.2) is 19.7 Å². The first kappa shape index (κ1) is 12.2. The van der Waals surface area contributed by atoms with Crippen LogP contribution in [0.4, 0.5) is 0 Å². The Morgan fingerprint density at radius 2 is 1.89 bits per heavy atom. The number of aromatic nitrogens is 3. The molecule has 0 bridgehead atoms. The second-order valence-electron chi connectivity index (χ2n) is 4.26. The molecule has 3 rings (SSSR count). The van der Waals surface area contributed by atoms with Crippen LogP contribution in [0.3, 0.4) is 0 Å². The van der Waals surface area contributed by atoms with E-state index in [0.29, 0.717) is 0 Å². The Labute approximate surface area is 115 Å². The monoisotopic (exact) mass is 271 g/mol. The van der Waals surface area contributed by atoms with Gasteiger partial charge in [0.2, 0.25) is 0 Å². The zero-order chi connectivity index (χ0) is 13.2. The van der Waals surface area contributed by atoms with E-state index in [0.717, 1.165) is 21.3 Å². The van der Waals surface area contributed by atoms with E-state index in [9.17, 15) is 5.11 Å². The third-order valence-corrected chi connectivity index (χ3v) is 3.82. The molecule has 2 aromatic heterocycles. The Morgan fingerprint density at radius 1 is 1.11 bits per heavy atom. The fraction of sp³-hybridized carbons (Fsp3) is 0.143. The Kier molecular flexibility index (Phi) is 3.23. The molecule has 0 amide bonds. The number of hydrogen-bond acceptors (Lipinski definition) is 4. The molecule has 5 heteroatoms. The predicted molar refractivity (Wildman–Crippen MR) is 74.2 cm³/mol. The summed E-state index contributed by atoms with van der Waals surface area (Å²) in [6.07, 6.45) is 1.51. The van der Waals surface area contributed by atoms with Crippen molar-refractivity contribution in [2.75, 3.05) is 0 Å². The molecule has 0 radical (unpaired) electrons. The van der Waals surface area contributed by atoms with Gasteiger partial charge in [-0.05, 0) is 48.5 Å². The number of rotatable bonds is 3. The minimum Gasteiger partial charge on any atom is -0.389 e. The molecule has 0 saturated heterocycles. The van der Waals surface area contributed by atoms with Crippen LogP contribution in [0.1, 0.15) is 18.6 Å². The fourth-order valence-electron chi connectivity index (χ4n) is 1.81. The van der Waals surface area contributed by atoms with Crippen LogP contribution in [0.25, 0.3) is 5.65 Å². The van der Waals surface area contributed by atoms with Gasteiger partial charge in [0.15, 0.2) is 10.8 Å². The third-order valence-electron chi connectivity index (χ3n) is 2.85. The molecule has 96 valence electrons. The smallest absolute Gasteiger partial charge is 0.200 e. The number of benzene rings is 1. The number of aliphatic hydroxyl groups excluding tert-OH is 1.